The first-order valence-corrected chi connectivity index (χ1v) is 20.3. The van der Waals surface area contributed by atoms with Gasteiger partial charge in [0, 0.05) is 74.3 Å². The number of imidazole rings is 3. The number of anilines is 3. The third-order valence-electron chi connectivity index (χ3n) is 9.55. The minimum atomic E-state index is -0.564. The first-order chi connectivity index (χ1) is 32.4. The number of halogens is 2. The number of nitrogens with one attached hydrogen (secondary N) is 1. The highest BCUT2D eigenvalue weighted by Gasteiger charge is 2.16. The predicted octanol–water partition coefficient (Wildman–Crippen LogP) is 9.56. The van der Waals surface area contributed by atoms with Gasteiger partial charge in [0.2, 0.25) is 0 Å². The highest BCUT2D eigenvalue weighted by Crippen LogP contribution is 2.27. The molecule has 21 nitrogen and oxygen atoms in total. The summed E-state index contributed by atoms with van der Waals surface area (Å²) in [6.45, 7) is 1.39. The molecule has 23 heteroatoms. The number of nitro groups is 3. The molecule has 4 aromatic carbocycles. The third-order valence-corrected chi connectivity index (χ3v) is 9.86. The molecule has 6 aromatic heterocycles. The summed E-state index contributed by atoms with van der Waals surface area (Å²) in [6, 6.07) is 31.5. The number of aromatic nitrogens is 9. The van der Waals surface area contributed by atoms with Gasteiger partial charge in [-0.1, -0.05) is 31.7 Å². The number of rotatable bonds is 8. The lowest BCUT2D eigenvalue weighted by atomic mass is 10.2. The molecule has 0 fully saturated rings. The Balaban J connectivity index is 0.000000192. The molecule has 10 rings (SSSR count). The Morgan fingerprint density at radius 3 is 1.43 bits per heavy atom. The van der Waals surface area contributed by atoms with E-state index < -0.39 is 14.8 Å². The van der Waals surface area contributed by atoms with E-state index in [-0.39, 0.29) is 48.3 Å². The maximum absolute atomic E-state index is 10.9. The Labute approximate surface area is 404 Å². The van der Waals surface area contributed by atoms with E-state index in [1.807, 2.05) is 71.6 Å². The van der Waals surface area contributed by atoms with Gasteiger partial charge >= 0.3 is 0 Å². The standard InChI is InChI=1S/C13H10N4O2.C13H12N4.C7H5N3O2.C6H6ClN.C6H7N3O2.CH4.ClH/c18-17(19)12-3-1-2-11-13(12)15-9-16(11)8-10-4-6-14-7-5-10;14-11-2-1-3-12-13(11)16-9-17(12)8-10-4-6-15-7-5-10;11-10(12)6-3-1-2-5-7(6)9-4-8-5;7-5-6-1-3-8-4-2-6;7-4-2-1-3-5(6(4)8)9(10)11;;/h1-7,9H,8H2;1-7,9H,8,14H2;1-4H,(H,8,9);1-4H,5H2;1-3H,7-8H2;1H4;1H. The van der Waals surface area contributed by atoms with Crippen LogP contribution in [-0.2, 0) is 19.0 Å². The highest BCUT2D eigenvalue weighted by molar-refractivity contribution is 6.17. The van der Waals surface area contributed by atoms with Gasteiger partial charge < -0.3 is 31.3 Å². The minimum absolute atomic E-state index is 0. The molecule has 6 heterocycles. The molecule has 0 spiro atoms. The Hall–Kier alpha value is -9.08. The van der Waals surface area contributed by atoms with E-state index >= 15 is 0 Å². The summed E-state index contributed by atoms with van der Waals surface area (Å²) in [4.78, 5) is 57.1. The summed E-state index contributed by atoms with van der Waals surface area (Å²) < 4.78 is 3.97. The smallest absolute Gasteiger partial charge is 0.297 e. The van der Waals surface area contributed by atoms with Gasteiger partial charge in [0.1, 0.15) is 11.2 Å². The molecule has 0 saturated heterocycles. The number of H-pyrrole nitrogens is 1. The number of para-hydroxylation sites is 4. The lowest BCUT2D eigenvalue weighted by molar-refractivity contribution is -0.383. The van der Waals surface area contributed by atoms with Gasteiger partial charge in [-0.25, -0.2) is 15.0 Å². The molecule has 10 aromatic rings. The Morgan fingerprint density at radius 1 is 0.522 bits per heavy atom. The summed E-state index contributed by atoms with van der Waals surface area (Å²) in [5.41, 5.74) is 25.0. The lowest BCUT2D eigenvalue weighted by Crippen LogP contribution is -1.99. The fourth-order valence-electron chi connectivity index (χ4n) is 6.25. The van der Waals surface area contributed by atoms with E-state index in [1.165, 1.54) is 42.2 Å². The maximum atomic E-state index is 10.9. The molecular formula is C46H45Cl2N15O6. The topological polar surface area (TPSA) is 310 Å². The molecular weight excluding hydrogens is 930 g/mol. The quantitative estimate of drug-likeness (QED) is 0.0476. The van der Waals surface area contributed by atoms with E-state index in [9.17, 15) is 30.3 Å². The fraction of sp³-hybridized carbons (Fsp3) is 0.0870. The molecule has 0 unspecified atom stereocenters. The fourth-order valence-corrected chi connectivity index (χ4v) is 6.43. The zero-order valence-corrected chi connectivity index (χ0v) is 37.2. The second-order valence-electron chi connectivity index (χ2n) is 13.9. The molecule has 0 aliphatic rings. The first kappa shape index (κ1) is 52.5. The van der Waals surface area contributed by atoms with Crippen molar-refractivity contribution in [3.05, 3.63) is 212 Å². The van der Waals surface area contributed by atoms with Crippen molar-refractivity contribution >= 4 is 91.2 Å². The summed E-state index contributed by atoms with van der Waals surface area (Å²) in [6.07, 6.45) is 15.4. The maximum Gasteiger partial charge on any atom is 0.297 e. The molecule has 0 saturated carbocycles. The number of nitrogens with two attached hydrogens (primary N) is 3. The zero-order valence-electron chi connectivity index (χ0n) is 35.6. The van der Waals surface area contributed by atoms with Crippen LogP contribution in [-0.4, -0.2) is 58.8 Å². The van der Waals surface area contributed by atoms with Crippen LogP contribution in [0.5, 0.6) is 0 Å². The molecule has 0 radical (unpaired) electrons. The van der Waals surface area contributed by atoms with Crippen molar-refractivity contribution in [3.8, 4) is 0 Å². The Bertz CT molecular complexity index is 3230. The molecule has 0 aliphatic heterocycles. The molecule has 7 N–H and O–H groups in total. The summed E-state index contributed by atoms with van der Waals surface area (Å²) in [5, 5.41) is 31.6. The Kier molecular flexibility index (Phi) is 19.5. The summed E-state index contributed by atoms with van der Waals surface area (Å²) >= 11 is 5.50. The van der Waals surface area contributed by atoms with Crippen molar-refractivity contribution in [1.29, 1.82) is 0 Å². The van der Waals surface area contributed by atoms with Crippen LogP contribution < -0.4 is 17.2 Å². The van der Waals surface area contributed by atoms with Gasteiger partial charge in [-0.15, -0.1) is 24.0 Å². The van der Waals surface area contributed by atoms with Crippen LogP contribution in [0.25, 0.3) is 33.1 Å². The summed E-state index contributed by atoms with van der Waals surface area (Å²) in [5.74, 6) is 0.572. The van der Waals surface area contributed by atoms with Crippen LogP contribution in [0, 0.1) is 30.3 Å². The number of nitrogen functional groups attached to an aromatic ring is 3. The van der Waals surface area contributed by atoms with Gasteiger partial charge in [-0.05, 0) is 83.4 Å². The number of aromatic amines is 1. The van der Waals surface area contributed by atoms with Crippen molar-refractivity contribution in [1.82, 2.24) is 44.0 Å². The van der Waals surface area contributed by atoms with Crippen LogP contribution in [0.2, 0.25) is 0 Å². The number of nitrogens with zero attached hydrogens (tertiary/aromatic N) is 11. The lowest BCUT2D eigenvalue weighted by Gasteiger charge is -2.04. The van der Waals surface area contributed by atoms with Crippen molar-refractivity contribution in [3.63, 3.8) is 0 Å². The largest absolute Gasteiger partial charge is 0.397 e. The van der Waals surface area contributed by atoms with E-state index in [1.54, 1.807) is 61.7 Å². The molecule has 0 atom stereocenters. The van der Waals surface area contributed by atoms with Gasteiger partial charge in [0.25, 0.3) is 17.1 Å². The van der Waals surface area contributed by atoms with Crippen molar-refractivity contribution < 1.29 is 14.8 Å². The molecule has 0 aliphatic carbocycles. The number of fused-ring (bicyclic) bond motifs is 3. The predicted molar refractivity (Wildman–Crippen MR) is 270 cm³/mol. The number of hydrogen-bond acceptors (Lipinski definition) is 15. The van der Waals surface area contributed by atoms with E-state index in [2.05, 4.69) is 39.5 Å². The van der Waals surface area contributed by atoms with Crippen molar-refractivity contribution in [2.45, 2.75) is 26.4 Å². The van der Waals surface area contributed by atoms with Gasteiger partial charge in [-0.2, -0.15) is 0 Å². The SMILES string of the molecule is C.Cl.ClCc1ccncc1.Nc1cccc([N+](=O)[O-])c1N.Nc1cccc2c1ncn2Cc1ccncc1.O=[N+]([O-])c1cccc2[nH]cnc12.O=[N+]([O-])c1cccc2c1ncn2Cc1ccncc1. The van der Waals surface area contributed by atoms with Gasteiger partial charge in [-0.3, -0.25) is 45.3 Å². The number of alkyl halides is 1. The van der Waals surface area contributed by atoms with Crippen molar-refractivity contribution in [2.24, 2.45) is 0 Å². The van der Waals surface area contributed by atoms with Gasteiger partial charge in [0.05, 0.1) is 61.7 Å². The molecule has 69 heavy (non-hydrogen) atoms. The number of hydrogen-bond donors (Lipinski definition) is 4. The molecule has 354 valence electrons. The van der Waals surface area contributed by atoms with Crippen LogP contribution in [0.15, 0.2) is 165 Å². The number of pyridine rings is 3. The average Bonchev–Trinajstić information content (AvgIpc) is 4.11. The minimum Gasteiger partial charge on any atom is -0.397 e. The highest BCUT2D eigenvalue weighted by atomic mass is 35.5. The van der Waals surface area contributed by atoms with Crippen LogP contribution in [0.3, 0.4) is 0 Å². The number of nitro benzene ring substituents is 3. The monoisotopic (exact) mass is 973 g/mol. The van der Waals surface area contributed by atoms with Crippen LogP contribution in [0.1, 0.15) is 24.1 Å². The normalized spacial score (nSPS) is 9.99. The molecule has 0 amide bonds. The number of non-ortho nitro benzene ring substituents is 2. The number of benzene rings is 4. The first-order valence-electron chi connectivity index (χ1n) is 19.8. The zero-order chi connectivity index (χ0) is 47.7. The van der Waals surface area contributed by atoms with E-state index in [4.69, 9.17) is 28.8 Å². The van der Waals surface area contributed by atoms with Crippen molar-refractivity contribution in [2.75, 3.05) is 17.2 Å². The van der Waals surface area contributed by atoms with E-state index in [0.29, 0.717) is 29.0 Å². The van der Waals surface area contributed by atoms with Crippen LogP contribution in [0.4, 0.5) is 34.1 Å². The average molecular weight is 975 g/mol. The second kappa shape index (κ2) is 25.6. The molecule has 0 bridgehead atoms. The van der Waals surface area contributed by atoms with E-state index in [0.717, 1.165) is 39.9 Å². The van der Waals surface area contributed by atoms with Crippen LogP contribution >= 0.6 is 24.0 Å². The Morgan fingerprint density at radius 2 is 0.942 bits per heavy atom. The van der Waals surface area contributed by atoms with Gasteiger partial charge in [0.15, 0.2) is 11.0 Å². The summed E-state index contributed by atoms with van der Waals surface area (Å²) in [7, 11) is 0. The second-order valence-corrected chi connectivity index (χ2v) is 14.2. The third kappa shape index (κ3) is 14.0.